The number of fused-ring (bicyclic) bond motifs is 1. The lowest BCUT2D eigenvalue weighted by Gasteiger charge is -2.24. The van der Waals surface area contributed by atoms with Crippen LogP contribution in [0.15, 0.2) is 95.9 Å². The van der Waals surface area contributed by atoms with Gasteiger partial charge in [-0.1, -0.05) is 48.5 Å². The Labute approximate surface area is 193 Å². The number of methoxy groups -OCH3 is 1. The van der Waals surface area contributed by atoms with Gasteiger partial charge >= 0.3 is 0 Å². The molecule has 168 valence electrons. The Morgan fingerprint density at radius 2 is 1.58 bits per heavy atom. The molecule has 0 atom stereocenters. The number of carbonyl (C=O) groups is 1. The highest BCUT2D eigenvalue weighted by Crippen LogP contribution is 2.27. The molecule has 1 amide bonds. The van der Waals surface area contributed by atoms with Crippen molar-refractivity contribution in [2.45, 2.75) is 11.8 Å². The van der Waals surface area contributed by atoms with Gasteiger partial charge in [0.05, 0.1) is 17.7 Å². The van der Waals surface area contributed by atoms with Gasteiger partial charge < -0.3 is 10.1 Å². The first-order valence-corrected chi connectivity index (χ1v) is 11.8. The molecule has 4 aromatic carbocycles. The predicted octanol–water partition coefficient (Wildman–Crippen LogP) is 4.99. The van der Waals surface area contributed by atoms with E-state index in [1.54, 1.807) is 55.5 Å². The van der Waals surface area contributed by atoms with Gasteiger partial charge in [0.25, 0.3) is 10.0 Å². The molecule has 0 heterocycles. The number of ether oxygens (including phenoxy) is 1. The summed E-state index contributed by atoms with van der Waals surface area (Å²) in [5.74, 6) is 0.150. The number of rotatable bonds is 7. The zero-order valence-electron chi connectivity index (χ0n) is 18.4. The van der Waals surface area contributed by atoms with E-state index in [-0.39, 0.29) is 11.4 Å². The standard InChI is InChI=1S/C26H24N2O4S/c1-19-16-24(14-15-25(19)32-2)33(30,31)28(23-10-4-3-5-11-23)18-26(29)27-22-13-12-20-8-6-7-9-21(20)17-22/h3-17H,18H2,1-2H3,(H,27,29). The normalized spacial score (nSPS) is 11.2. The Morgan fingerprint density at radius 3 is 2.27 bits per heavy atom. The van der Waals surface area contributed by atoms with Crippen molar-refractivity contribution < 1.29 is 17.9 Å². The van der Waals surface area contributed by atoms with Gasteiger partial charge in [-0.25, -0.2) is 8.42 Å². The van der Waals surface area contributed by atoms with E-state index in [1.807, 2.05) is 36.4 Å². The molecule has 4 aromatic rings. The van der Waals surface area contributed by atoms with E-state index in [0.717, 1.165) is 15.1 Å². The summed E-state index contributed by atoms with van der Waals surface area (Å²) < 4.78 is 33.5. The number of hydrogen-bond acceptors (Lipinski definition) is 4. The second kappa shape index (κ2) is 9.34. The topological polar surface area (TPSA) is 75.7 Å². The Bertz CT molecular complexity index is 1400. The highest BCUT2D eigenvalue weighted by Gasteiger charge is 2.27. The molecular weight excluding hydrogens is 436 g/mol. The van der Waals surface area contributed by atoms with E-state index >= 15 is 0 Å². The lowest BCUT2D eigenvalue weighted by Crippen LogP contribution is -2.38. The number of benzene rings is 4. The summed E-state index contributed by atoms with van der Waals surface area (Å²) in [4.78, 5) is 13.0. The fraction of sp³-hybridized carbons (Fsp3) is 0.115. The summed E-state index contributed by atoms with van der Waals surface area (Å²) >= 11 is 0. The maximum absolute atomic E-state index is 13.6. The minimum atomic E-state index is -4.01. The molecule has 1 N–H and O–H groups in total. The molecule has 33 heavy (non-hydrogen) atoms. The number of sulfonamides is 1. The molecule has 0 spiro atoms. The number of para-hydroxylation sites is 1. The van der Waals surface area contributed by atoms with E-state index in [9.17, 15) is 13.2 Å². The third-order valence-electron chi connectivity index (χ3n) is 5.32. The molecule has 0 aliphatic heterocycles. The maximum Gasteiger partial charge on any atom is 0.264 e. The van der Waals surface area contributed by atoms with Crippen LogP contribution in [0.25, 0.3) is 10.8 Å². The molecule has 0 saturated heterocycles. The van der Waals surface area contributed by atoms with Gasteiger partial charge in [-0.05, 0) is 65.7 Å². The molecule has 0 radical (unpaired) electrons. The van der Waals surface area contributed by atoms with Crippen LogP contribution >= 0.6 is 0 Å². The van der Waals surface area contributed by atoms with Crippen LogP contribution in [-0.4, -0.2) is 28.0 Å². The molecule has 0 aliphatic carbocycles. The first kappa shape index (κ1) is 22.4. The maximum atomic E-state index is 13.6. The Kier molecular flexibility index (Phi) is 6.33. The van der Waals surface area contributed by atoms with Crippen LogP contribution in [0.5, 0.6) is 5.75 Å². The quantitative estimate of drug-likeness (QED) is 0.422. The average Bonchev–Trinajstić information content (AvgIpc) is 2.83. The van der Waals surface area contributed by atoms with Crippen molar-refractivity contribution in [3.63, 3.8) is 0 Å². The van der Waals surface area contributed by atoms with Gasteiger partial charge in [-0.3, -0.25) is 9.10 Å². The SMILES string of the molecule is COc1ccc(S(=O)(=O)N(CC(=O)Nc2ccc3ccccc3c2)c2ccccc2)cc1C. The van der Waals surface area contributed by atoms with Gasteiger partial charge in [0.1, 0.15) is 12.3 Å². The third kappa shape index (κ3) is 4.83. The third-order valence-corrected chi connectivity index (χ3v) is 7.09. The van der Waals surface area contributed by atoms with E-state index in [1.165, 1.54) is 13.2 Å². The molecule has 6 nitrogen and oxygen atoms in total. The summed E-state index contributed by atoms with van der Waals surface area (Å²) in [7, 11) is -2.48. The largest absolute Gasteiger partial charge is 0.496 e. The molecule has 0 aliphatic rings. The van der Waals surface area contributed by atoms with Crippen molar-refractivity contribution in [1.29, 1.82) is 0 Å². The van der Waals surface area contributed by atoms with Crippen LogP contribution < -0.4 is 14.4 Å². The second-order valence-corrected chi connectivity index (χ2v) is 9.45. The Balaban J connectivity index is 1.64. The summed E-state index contributed by atoms with van der Waals surface area (Å²) in [5.41, 5.74) is 1.69. The lowest BCUT2D eigenvalue weighted by molar-refractivity contribution is -0.114. The molecular formula is C26H24N2O4S. The van der Waals surface area contributed by atoms with E-state index in [0.29, 0.717) is 22.7 Å². The van der Waals surface area contributed by atoms with Gasteiger partial charge in [0.2, 0.25) is 5.91 Å². The highest BCUT2D eigenvalue weighted by molar-refractivity contribution is 7.92. The van der Waals surface area contributed by atoms with E-state index in [4.69, 9.17) is 4.74 Å². The zero-order chi connectivity index (χ0) is 23.4. The number of carbonyl (C=O) groups excluding carboxylic acids is 1. The monoisotopic (exact) mass is 460 g/mol. The van der Waals surface area contributed by atoms with Crippen molar-refractivity contribution in [3.05, 3.63) is 96.6 Å². The summed E-state index contributed by atoms with van der Waals surface area (Å²) in [6.07, 6.45) is 0. The highest BCUT2D eigenvalue weighted by atomic mass is 32.2. The molecule has 0 aromatic heterocycles. The van der Waals surface area contributed by atoms with Crippen LogP contribution in [0.2, 0.25) is 0 Å². The van der Waals surface area contributed by atoms with Crippen molar-refractivity contribution in [2.75, 3.05) is 23.3 Å². The molecule has 0 unspecified atom stereocenters. The number of hydrogen-bond donors (Lipinski definition) is 1. The van der Waals surface area contributed by atoms with Crippen LogP contribution in [0, 0.1) is 6.92 Å². The zero-order valence-corrected chi connectivity index (χ0v) is 19.2. The average molecular weight is 461 g/mol. The molecule has 7 heteroatoms. The van der Waals surface area contributed by atoms with Crippen molar-refractivity contribution >= 4 is 38.1 Å². The van der Waals surface area contributed by atoms with Gasteiger partial charge in [0.15, 0.2) is 0 Å². The second-order valence-electron chi connectivity index (χ2n) is 7.59. The number of amides is 1. The van der Waals surface area contributed by atoms with E-state index in [2.05, 4.69) is 5.32 Å². The molecule has 0 saturated carbocycles. The number of nitrogens with zero attached hydrogens (tertiary/aromatic N) is 1. The summed E-state index contributed by atoms with van der Waals surface area (Å²) in [6.45, 7) is 1.40. The van der Waals surface area contributed by atoms with Crippen molar-refractivity contribution in [1.82, 2.24) is 0 Å². The fourth-order valence-corrected chi connectivity index (χ4v) is 5.15. The van der Waals surface area contributed by atoms with Crippen molar-refractivity contribution in [3.8, 4) is 5.75 Å². The minimum Gasteiger partial charge on any atom is -0.496 e. The summed E-state index contributed by atoms with van der Waals surface area (Å²) in [6, 6.07) is 26.6. The van der Waals surface area contributed by atoms with Crippen LogP contribution in [0.1, 0.15) is 5.56 Å². The molecule has 0 bridgehead atoms. The Morgan fingerprint density at radius 1 is 0.879 bits per heavy atom. The number of aryl methyl sites for hydroxylation is 1. The van der Waals surface area contributed by atoms with Crippen LogP contribution in [0.4, 0.5) is 11.4 Å². The summed E-state index contributed by atoms with van der Waals surface area (Å²) in [5, 5.41) is 4.86. The van der Waals surface area contributed by atoms with Gasteiger partial charge in [-0.15, -0.1) is 0 Å². The fourth-order valence-electron chi connectivity index (χ4n) is 3.65. The molecule has 4 rings (SSSR count). The molecule has 0 fully saturated rings. The van der Waals surface area contributed by atoms with Gasteiger partial charge in [-0.2, -0.15) is 0 Å². The lowest BCUT2D eigenvalue weighted by atomic mass is 10.1. The number of anilines is 2. The van der Waals surface area contributed by atoms with E-state index < -0.39 is 15.9 Å². The number of nitrogens with one attached hydrogen (secondary N) is 1. The minimum absolute atomic E-state index is 0.0863. The first-order chi connectivity index (χ1) is 15.9. The predicted molar refractivity (Wildman–Crippen MR) is 131 cm³/mol. The van der Waals surface area contributed by atoms with Crippen molar-refractivity contribution in [2.24, 2.45) is 0 Å². The smallest absolute Gasteiger partial charge is 0.264 e. The van der Waals surface area contributed by atoms with Gasteiger partial charge in [0, 0.05) is 5.69 Å². The Hall–Kier alpha value is -3.84. The van der Waals surface area contributed by atoms with Crippen LogP contribution in [-0.2, 0) is 14.8 Å². The van der Waals surface area contributed by atoms with Crippen LogP contribution in [0.3, 0.4) is 0 Å². The first-order valence-electron chi connectivity index (χ1n) is 10.4.